The number of imide groups is 1. The molecule has 2 rings (SSSR count). The summed E-state index contributed by atoms with van der Waals surface area (Å²) < 4.78 is 0. The zero-order chi connectivity index (χ0) is 16.5. The number of amides is 3. The lowest BCUT2D eigenvalue weighted by atomic mass is 9.93. The van der Waals surface area contributed by atoms with Gasteiger partial charge >= 0.3 is 6.03 Å². The van der Waals surface area contributed by atoms with Gasteiger partial charge in [0.2, 0.25) is 5.91 Å². The fourth-order valence-electron chi connectivity index (χ4n) is 2.78. The van der Waals surface area contributed by atoms with E-state index < -0.39 is 6.03 Å². The van der Waals surface area contributed by atoms with E-state index in [0.29, 0.717) is 13.1 Å². The van der Waals surface area contributed by atoms with Crippen LogP contribution in [0.5, 0.6) is 0 Å². The van der Waals surface area contributed by atoms with Gasteiger partial charge in [-0.15, -0.1) is 23.7 Å². The Hall–Kier alpha value is -1.15. The molecule has 0 bridgehead atoms. The fourth-order valence-corrected chi connectivity index (χ4v) is 3.42. The minimum Gasteiger partial charge on any atom is -0.333 e. The molecular weight excluding hydrogens is 348 g/mol. The average Bonchev–Trinajstić information content (AvgIpc) is 3.05. The third kappa shape index (κ3) is 7.61. The van der Waals surface area contributed by atoms with Gasteiger partial charge in [0.1, 0.15) is 0 Å². The Kier molecular flexibility index (Phi) is 9.94. The van der Waals surface area contributed by atoms with Crippen LogP contribution in [0.1, 0.15) is 24.1 Å². The summed E-state index contributed by atoms with van der Waals surface area (Å²) in [7, 11) is 1.98. The van der Waals surface area contributed by atoms with Crippen LogP contribution in [0, 0.1) is 5.92 Å². The van der Waals surface area contributed by atoms with Crippen LogP contribution in [-0.2, 0) is 11.3 Å². The van der Waals surface area contributed by atoms with E-state index >= 15 is 0 Å². The predicted molar refractivity (Wildman–Crippen MR) is 99.7 cm³/mol. The number of rotatable bonds is 7. The Bertz CT molecular complexity index is 490. The summed E-state index contributed by atoms with van der Waals surface area (Å²) in [6.45, 7) is 3.66. The van der Waals surface area contributed by atoms with Gasteiger partial charge in [0.15, 0.2) is 0 Å². The number of carbonyl (C=O) groups excluding carboxylic acids is 2. The zero-order valence-electron chi connectivity index (χ0n) is 14.0. The molecule has 1 aromatic heterocycles. The Labute approximate surface area is 153 Å². The number of carbonyl (C=O) groups is 2. The molecule has 1 fully saturated rings. The van der Waals surface area contributed by atoms with Gasteiger partial charge in [-0.1, -0.05) is 6.07 Å². The lowest BCUT2D eigenvalue weighted by Gasteiger charge is -2.31. The fraction of sp³-hybridized carbons (Fsp3) is 0.625. The highest BCUT2D eigenvalue weighted by Crippen LogP contribution is 2.19. The molecule has 0 aromatic carbocycles. The lowest BCUT2D eigenvalue weighted by Crippen LogP contribution is -2.46. The van der Waals surface area contributed by atoms with E-state index in [2.05, 4.69) is 20.9 Å². The summed E-state index contributed by atoms with van der Waals surface area (Å²) in [6, 6.07) is 3.46. The molecule has 24 heavy (non-hydrogen) atoms. The van der Waals surface area contributed by atoms with Crippen LogP contribution >= 0.6 is 23.7 Å². The summed E-state index contributed by atoms with van der Waals surface area (Å²) in [5.41, 5.74) is 0. The van der Waals surface area contributed by atoms with Crippen molar-refractivity contribution in [3.8, 4) is 0 Å². The summed E-state index contributed by atoms with van der Waals surface area (Å²) >= 11 is 1.58. The molecule has 3 amide bonds. The van der Waals surface area contributed by atoms with Crippen molar-refractivity contribution in [1.82, 2.24) is 20.9 Å². The number of likely N-dealkylation sites (tertiary alicyclic amines) is 1. The highest BCUT2D eigenvalue weighted by Gasteiger charge is 2.21. The van der Waals surface area contributed by atoms with Crippen molar-refractivity contribution in [2.45, 2.75) is 25.8 Å². The monoisotopic (exact) mass is 374 g/mol. The average molecular weight is 375 g/mol. The first-order valence-electron chi connectivity index (χ1n) is 8.14. The van der Waals surface area contributed by atoms with Crippen LogP contribution in [-0.4, -0.2) is 50.1 Å². The summed E-state index contributed by atoms with van der Waals surface area (Å²) in [5, 5.41) is 10.2. The Balaban J connectivity index is 0.00000288. The molecule has 0 radical (unpaired) electrons. The maximum absolute atomic E-state index is 11.9. The molecule has 2 heterocycles. The Morgan fingerprint density at radius 2 is 2.08 bits per heavy atom. The van der Waals surface area contributed by atoms with Crippen molar-refractivity contribution in [2.75, 3.05) is 33.2 Å². The first kappa shape index (κ1) is 20.9. The largest absolute Gasteiger partial charge is 0.333 e. The van der Waals surface area contributed by atoms with E-state index in [1.54, 1.807) is 11.3 Å². The molecule has 1 aromatic rings. The van der Waals surface area contributed by atoms with Gasteiger partial charge in [-0.3, -0.25) is 15.0 Å². The molecule has 0 spiro atoms. The molecule has 1 aliphatic rings. The quantitative estimate of drug-likeness (QED) is 0.680. The van der Waals surface area contributed by atoms with Crippen LogP contribution in [0.4, 0.5) is 4.79 Å². The van der Waals surface area contributed by atoms with Gasteiger partial charge in [-0.25, -0.2) is 4.79 Å². The number of nitrogens with zero attached hydrogens (tertiary/aromatic N) is 1. The van der Waals surface area contributed by atoms with Crippen molar-refractivity contribution in [2.24, 2.45) is 5.92 Å². The normalized spacial score (nSPS) is 15.5. The number of halogens is 1. The second-order valence-corrected chi connectivity index (χ2v) is 6.95. The van der Waals surface area contributed by atoms with Crippen molar-refractivity contribution in [3.05, 3.63) is 22.4 Å². The predicted octanol–water partition coefficient (Wildman–Crippen LogP) is 1.82. The Morgan fingerprint density at radius 1 is 1.33 bits per heavy atom. The van der Waals surface area contributed by atoms with Crippen molar-refractivity contribution in [3.63, 3.8) is 0 Å². The first-order chi connectivity index (χ1) is 11.2. The number of urea groups is 1. The second kappa shape index (κ2) is 11.4. The van der Waals surface area contributed by atoms with Crippen molar-refractivity contribution < 1.29 is 9.59 Å². The molecule has 8 heteroatoms. The van der Waals surface area contributed by atoms with Crippen LogP contribution in [0.25, 0.3) is 0 Å². The van der Waals surface area contributed by atoms with Gasteiger partial charge in [0, 0.05) is 4.88 Å². The summed E-state index contributed by atoms with van der Waals surface area (Å²) in [5.74, 6) is 0.512. The molecule has 6 nitrogen and oxygen atoms in total. The van der Waals surface area contributed by atoms with E-state index in [9.17, 15) is 9.59 Å². The molecule has 1 aliphatic heterocycles. The highest BCUT2D eigenvalue weighted by atomic mass is 35.5. The minimum atomic E-state index is -0.424. The molecule has 0 unspecified atom stereocenters. The van der Waals surface area contributed by atoms with Gasteiger partial charge in [0.25, 0.3) is 0 Å². The standard InChI is InChI=1S/C16H26N4O2S.ClH/c1-17-7-4-13-5-8-20(9-6-13)12-15(21)19-16(22)18-11-14-3-2-10-23-14;/h2-3,10,13,17H,4-9,11-12H2,1H3,(H2,18,19,21,22);1H. The SMILES string of the molecule is CNCCC1CCN(CC(=O)NC(=O)NCc2cccs2)CC1.Cl. The number of nitrogens with one attached hydrogen (secondary N) is 3. The van der Waals surface area contributed by atoms with E-state index in [4.69, 9.17) is 0 Å². The molecule has 3 N–H and O–H groups in total. The first-order valence-corrected chi connectivity index (χ1v) is 9.02. The number of hydrogen-bond acceptors (Lipinski definition) is 5. The molecule has 1 saturated heterocycles. The number of piperidine rings is 1. The molecule has 0 aliphatic carbocycles. The maximum atomic E-state index is 11.9. The smallest absolute Gasteiger partial charge is 0.321 e. The highest BCUT2D eigenvalue weighted by molar-refractivity contribution is 7.09. The van der Waals surface area contributed by atoms with Gasteiger partial charge < -0.3 is 10.6 Å². The number of hydrogen-bond donors (Lipinski definition) is 3. The molecular formula is C16H27ClN4O2S. The third-order valence-corrected chi connectivity index (χ3v) is 5.01. The van der Waals surface area contributed by atoms with E-state index in [1.807, 2.05) is 24.6 Å². The van der Waals surface area contributed by atoms with E-state index in [0.717, 1.165) is 43.3 Å². The summed E-state index contributed by atoms with van der Waals surface area (Å²) in [6.07, 6.45) is 3.45. The van der Waals surface area contributed by atoms with Crippen LogP contribution in [0.15, 0.2) is 17.5 Å². The topological polar surface area (TPSA) is 73.5 Å². The third-order valence-electron chi connectivity index (χ3n) is 4.13. The molecule has 136 valence electrons. The van der Waals surface area contributed by atoms with E-state index in [-0.39, 0.29) is 18.3 Å². The second-order valence-electron chi connectivity index (χ2n) is 5.92. The van der Waals surface area contributed by atoms with Crippen molar-refractivity contribution >= 4 is 35.7 Å². The maximum Gasteiger partial charge on any atom is 0.321 e. The van der Waals surface area contributed by atoms with Crippen LogP contribution < -0.4 is 16.0 Å². The van der Waals surface area contributed by atoms with Gasteiger partial charge in [0.05, 0.1) is 13.1 Å². The van der Waals surface area contributed by atoms with Crippen LogP contribution in [0.2, 0.25) is 0 Å². The van der Waals surface area contributed by atoms with Crippen LogP contribution in [0.3, 0.4) is 0 Å². The van der Waals surface area contributed by atoms with Gasteiger partial charge in [-0.05, 0) is 63.3 Å². The lowest BCUT2D eigenvalue weighted by molar-refractivity contribution is -0.121. The van der Waals surface area contributed by atoms with Crippen molar-refractivity contribution in [1.29, 1.82) is 0 Å². The molecule has 0 saturated carbocycles. The Morgan fingerprint density at radius 3 is 2.71 bits per heavy atom. The molecule has 0 atom stereocenters. The van der Waals surface area contributed by atoms with E-state index in [1.165, 1.54) is 6.42 Å². The van der Waals surface area contributed by atoms with Gasteiger partial charge in [-0.2, -0.15) is 0 Å². The summed E-state index contributed by atoms with van der Waals surface area (Å²) in [4.78, 5) is 26.8. The minimum absolute atomic E-state index is 0. The zero-order valence-corrected chi connectivity index (χ0v) is 15.7. The number of thiophene rings is 1.